The second-order valence-corrected chi connectivity index (χ2v) is 7.77. The van der Waals surface area contributed by atoms with Gasteiger partial charge in [0, 0.05) is 12.0 Å². The molecule has 1 aromatic rings. The van der Waals surface area contributed by atoms with E-state index in [0.29, 0.717) is 17.2 Å². The fourth-order valence-corrected chi connectivity index (χ4v) is 4.91. The van der Waals surface area contributed by atoms with E-state index in [0.717, 1.165) is 25.2 Å². The molecule has 2 bridgehead atoms. The molecule has 0 unspecified atom stereocenters. The van der Waals surface area contributed by atoms with Crippen LogP contribution < -0.4 is 10.6 Å². The highest BCUT2D eigenvalue weighted by molar-refractivity contribution is 6.04. The lowest BCUT2D eigenvalue weighted by Gasteiger charge is -2.22. The molecule has 0 saturated heterocycles. The van der Waals surface area contributed by atoms with E-state index >= 15 is 0 Å². The number of carbonyl (C=O) groups excluding carboxylic acids is 2. The van der Waals surface area contributed by atoms with Gasteiger partial charge in [-0.3, -0.25) is 9.59 Å². The minimum Gasteiger partial charge on any atom is -0.349 e. The van der Waals surface area contributed by atoms with Gasteiger partial charge in [0.2, 0.25) is 5.91 Å². The minimum absolute atomic E-state index is 0.0641. The average molecular weight is 326 g/mol. The number of carbonyl (C=O) groups is 2. The van der Waals surface area contributed by atoms with Crippen LogP contribution >= 0.6 is 0 Å². The predicted molar refractivity (Wildman–Crippen MR) is 93.7 cm³/mol. The molecular weight excluding hydrogens is 300 g/mol. The third kappa shape index (κ3) is 3.06. The van der Waals surface area contributed by atoms with Gasteiger partial charge in [0.1, 0.15) is 0 Å². The molecule has 0 radical (unpaired) electrons. The first-order chi connectivity index (χ1) is 11.7. The highest BCUT2D eigenvalue weighted by Gasteiger charge is 2.43. The lowest BCUT2D eigenvalue weighted by Crippen LogP contribution is -2.34. The molecule has 2 amide bonds. The Kier molecular flexibility index (Phi) is 4.30. The number of amides is 2. The van der Waals surface area contributed by atoms with E-state index in [-0.39, 0.29) is 23.8 Å². The van der Waals surface area contributed by atoms with Crippen molar-refractivity contribution in [2.75, 3.05) is 5.32 Å². The molecule has 3 fully saturated rings. The average Bonchev–Trinajstić information content (AvgIpc) is 3.33. The van der Waals surface area contributed by atoms with Crippen molar-refractivity contribution in [2.45, 2.75) is 57.4 Å². The summed E-state index contributed by atoms with van der Waals surface area (Å²) in [4.78, 5) is 25.3. The number of nitrogens with one attached hydrogen (secondary N) is 2. The van der Waals surface area contributed by atoms with Crippen molar-refractivity contribution in [1.82, 2.24) is 5.32 Å². The van der Waals surface area contributed by atoms with Gasteiger partial charge < -0.3 is 10.6 Å². The van der Waals surface area contributed by atoms with Gasteiger partial charge >= 0.3 is 0 Å². The van der Waals surface area contributed by atoms with Crippen molar-refractivity contribution >= 4 is 17.5 Å². The van der Waals surface area contributed by atoms with Gasteiger partial charge in [0.05, 0.1) is 11.3 Å². The first-order valence-corrected chi connectivity index (χ1v) is 9.41. The highest BCUT2D eigenvalue weighted by Crippen LogP contribution is 2.48. The molecule has 4 rings (SSSR count). The molecule has 3 atom stereocenters. The summed E-state index contributed by atoms with van der Waals surface area (Å²) in [5, 5.41) is 6.16. The minimum atomic E-state index is -0.0641. The van der Waals surface area contributed by atoms with Crippen molar-refractivity contribution in [3.05, 3.63) is 29.8 Å². The summed E-state index contributed by atoms with van der Waals surface area (Å²) in [6.07, 6.45) is 9.20. The zero-order valence-electron chi connectivity index (χ0n) is 14.1. The number of hydrogen-bond acceptors (Lipinski definition) is 2. The molecule has 3 saturated carbocycles. The molecule has 2 N–H and O–H groups in total. The molecule has 3 aliphatic rings. The lowest BCUT2D eigenvalue weighted by atomic mass is 9.88. The third-order valence-electron chi connectivity index (χ3n) is 6.19. The van der Waals surface area contributed by atoms with Gasteiger partial charge in [-0.05, 0) is 56.1 Å². The Morgan fingerprint density at radius 3 is 2.46 bits per heavy atom. The van der Waals surface area contributed by atoms with Gasteiger partial charge in [-0.25, -0.2) is 0 Å². The van der Waals surface area contributed by atoms with Crippen LogP contribution in [0.25, 0.3) is 0 Å². The zero-order valence-corrected chi connectivity index (χ0v) is 14.1. The van der Waals surface area contributed by atoms with Gasteiger partial charge in [-0.2, -0.15) is 0 Å². The van der Waals surface area contributed by atoms with Crippen molar-refractivity contribution < 1.29 is 9.59 Å². The molecule has 4 heteroatoms. The van der Waals surface area contributed by atoms with Crippen molar-refractivity contribution in [3.63, 3.8) is 0 Å². The van der Waals surface area contributed by atoms with Gasteiger partial charge in [0.25, 0.3) is 5.91 Å². The van der Waals surface area contributed by atoms with E-state index in [4.69, 9.17) is 0 Å². The second-order valence-electron chi connectivity index (χ2n) is 7.77. The first kappa shape index (κ1) is 15.7. The van der Waals surface area contributed by atoms with Crippen LogP contribution in [0.2, 0.25) is 0 Å². The van der Waals surface area contributed by atoms with E-state index < -0.39 is 0 Å². The van der Waals surface area contributed by atoms with E-state index in [1.807, 2.05) is 18.2 Å². The fourth-order valence-electron chi connectivity index (χ4n) is 4.91. The Bertz CT molecular complexity index is 636. The normalized spacial score (nSPS) is 28.9. The first-order valence-electron chi connectivity index (χ1n) is 9.41. The number of fused-ring (bicyclic) bond motifs is 2. The summed E-state index contributed by atoms with van der Waals surface area (Å²) in [5.74, 6) is 1.46. The Labute approximate surface area is 143 Å². The van der Waals surface area contributed by atoms with Crippen LogP contribution in [-0.4, -0.2) is 17.9 Å². The van der Waals surface area contributed by atoms with Gasteiger partial charge in [0.15, 0.2) is 0 Å². The monoisotopic (exact) mass is 326 g/mol. The predicted octanol–water partition coefficient (Wildman–Crippen LogP) is 3.73. The third-order valence-corrected chi connectivity index (χ3v) is 6.19. The fraction of sp³-hybridized carbons (Fsp3) is 0.600. The van der Waals surface area contributed by atoms with Crippen molar-refractivity contribution in [2.24, 2.45) is 17.8 Å². The molecular formula is C20H26N2O2. The topological polar surface area (TPSA) is 58.2 Å². The van der Waals surface area contributed by atoms with Crippen LogP contribution in [0.1, 0.15) is 61.7 Å². The molecule has 1 aromatic carbocycles. The van der Waals surface area contributed by atoms with Gasteiger partial charge in [-0.15, -0.1) is 0 Å². The quantitative estimate of drug-likeness (QED) is 0.885. The van der Waals surface area contributed by atoms with Crippen molar-refractivity contribution in [1.29, 1.82) is 0 Å². The highest BCUT2D eigenvalue weighted by atomic mass is 16.2. The molecule has 0 aromatic heterocycles. The van der Waals surface area contributed by atoms with Crippen LogP contribution in [0.15, 0.2) is 24.3 Å². The van der Waals surface area contributed by atoms with E-state index in [9.17, 15) is 9.59 Å². The van der Waals surface area contributed by atoms with Crippen LogP contribution in [-0.2, 0) is 4.79 Å². The molecule has 0 spiro atoms. The Morgan fingerprint density at radius 2 is 1.75 bits per heavy atom. The van der Waals surface area contributed by atoms with Crippen molar-refractivity contribution in [3.8, 4) is 0 Å². The standard InChI is InChI=1S/C20H26N2O2/c23-19(21-15-5-1-2-6-15)16-7-3-4-8-18(16)22-20(24)17-12-13-9-10-14(17)11-13/h3-4,7-8,13-15,17H,1-2,5-6,9-12H2,(H,21,23)(H,22,24)/t13-,14-,17+/m0/s1. The summed E-state index contributed by atoms with van der Waals surface area (Å²) >= 11 is 0. The number of para-hydroxylation sites is 1. The molecule has 3 aliphatic carbocycles. The number of hydrogen-bond donors (Lipinski definition) is 2. The largest absolute Gasteiger partial charge is 0.349 e. The zero-order chi connectivity index (χ0) is 16.5. The molecule has 0 heterocycles. The summed E-state index contributed by atoms with van der Waals surface area (Å²) in [7, 11) is 0. The van der Waals surface area contributed by atoms with Gasteiger partial charge in [-0.1, -0.05) is 31.4 Å². The molecule has 128 valence electrons. The number of benzene rings is 1. The molecule has 0 aliphatic heterocycles. The summed E-state index contributed by atoms with van der Waals surface area (Å²) in [5.41, 5.74) is 1.24. The SMILES string of the molecule is O=C(NC1CCCC1)c1ccccc1NC(=O)[C@@H]1C[C@H]2CC[C@H]1C2. The van der Waals surface area contributed by atoms with Crippen LogP contribution in [0.5, 0.6) is 0 Å². The second kappa shape index (κ2) is 6.58. The van der Waals surface area contributed by atoms with Crippen LogP contribution in [0.3, 0.4) is 0 Å². The maximum atomic E-state index is 12.7. The lowest BCUT2D eigenvalue weighted by molar-refractivity contribution is -0.121. The van der Waals surface area contributed by atoms with E-state index in [2.05, 4.69) is 10.6 Å². The number of anilines is 1. The summed E-state index contributed by atoms with van der Waals surface area (Å²) in [6, 6.07) is 7.67. The maximum Gasteiger partial charge on any atom is 0.253 e. The Hall–Kier alpha value is -1.84. The number of rotatable bonds is 4. The Balaban J connectivity index is 1.45. The van der Waals surface area contributed by atoms with E-state index in [1.165, 1.54) is 32.1 Å². The van der Waals surface area contributed by atoms with E-state index in [1.54, 1.807) is 6.07 Å². The smallest absolute Gasteiger partial charge is 0.253 e. The molecule has 4 nitrogen and oxygen atoms in total. The van der Waals surface area contributed by atoms with Crippen LogP contribution in [0.4, 0.5) is 5.69 Å². The van der Waals surface area contributed by atoms with Crippen LogP contribution in [0, 0.1) is 17.8 Å². The summed E-state index contributed by atoms with van der Waals surface area (Å²) < 4.78 is 0. The Morgan fingerprint density at radius 1 is 0.958 bits per heavy atom. The molecule has 24 heavy (non-hydrogen) atoms. The maximum absolute atomic E-state index is 12.7. The summed E-state index contributed by atoms with van der Waals surface area (Å²) in [6.45, 7) is 0.